The summed E-state index contributed by atoms with van der Waals surface area (Å²) in [6, 6.07) is 5.67. The van der Waals surface area contributed by atoms with E-state index in [9.17, 15) is 9.59 Å². The maximum Gasteiger partial charge on any atom is 0.355 e. The van der Waals surface area contributed by atoms with Gasteiger partial charge in [0.15, 0.2) is 8.32 Å². The predicted octanol–water partition coefficient (Wildman–Crippen LogP) is 5.15. The molecule has 1 aliphatic heterocycles. The number of alkyl halides is 1. The normalized spacial score (nSPS) is 21.3. The number of β-lactam (4-membered cyclic amide) rings is 1. The lowest BCUT2D eigenvalue weighted by molar-refractivity contribution is -0.158. The van der Waals surface area contributed by atoms with Gasteiger partial charge in [0.1, 0.15) is 11.2 Å². The number of pyridine rings is 1. The number of methoxy groups -OCH3 is 1. The second-order valence-corrected chi connectivity index (χ2v) is 15.6. The summed E-state index contributed by atoms with van der Waals surface area (Å²) in [5.41, 5.74) is 0.388. The maximum absolute atomic E-state index is 13.1. The first kappa shape index (κ1) is 25.9. The first-order valence-corrected chi connectivity index (χ1v) is 14.6. The summed E-state index contributed by atoms with van der Waals surface area (Å²) in [6.45, 7) is 14.4. The Kier molecular flexibility index (Phi) is 8.41. The molecule has 6 nitrogen and oxygen atoms in total. The lowest BCUT2D eigenvalue weighted by atomic mass is 9.92. The van der Waals surface area contributed by atoms with Gasteiger partial charge in [-0.1, -0.05) is 38.4 Å². The highest BCUT2D eigenvalue weighted by Gasteiger charge is 2.54. The molecule has 1 saturated heterocycles. The number of allylic oxidation sites excluding steroid dienone is 1. The third-order valence-electron chi connectivity index (χ3n) is 5.97. The van der Waals surface area contributed by atoms with Crippen molar-refractivity contribution in [3.63, 3.8) is 0 Å². The van der Waals surface area contributed by atoms with Gasteiger partial charge in [0.25, 0.3) is 0 Å². The van der Waals surface area contributed by atoms with Crippen LogP contribution in [0.5, 0.6) is 0 Å². The van der Waals surface area contributed by atoms with E-state index in [4.69, 9.17) is 20.8 Å². The molecule has 2 rings (SSSR count). The van der Waals surface area contributed by atoms with Gasteiger partial charge < -0.3 is 9.16 Å². The first-order chi connectivity index (χ1) is 14.3. The number of halogens is 1. The van der Waals surface area contributed by atoms with Crippen LogP contribution in [-0.4, -0.2) is 48.8 Å². The Morgan fingerprint density at radius 1 is 1.35 bits per heavy atom. The zero-order valence-corrected chi connectivity index (χ0v) is 22.1. The van der Waals surface area contributed by atoms with E-state index >= 15 is 0 Å². The first-order valence-electron chi connectivity index (χ1n) is 10.3. The zero-order valence-electron chi connectivity index (χ0n) is 19.6. The molecule has 1 aromatic heterocycles. The number of carbonyl (C=O) groups is 2. The van der Waals surface area contributed by atoms with E-state index in [1.54, 1.807) is 13.1 Å². The van der Waals surface area contributed by atoms with Crippen molar-refractivity contribution in [2.45, 2.75) is 70.1 Å². The zero-order chi connectivity index (χ0) is 23.6. The molecule has 31 heavy (non-hydrogen) atoms. The number of thioether (sulfide) groups is 1. The second kappa shape index (κ2) is 10.1. The molecule has 0 spiro atoms. The maximum atomic E-state index is 13.1. The molecule has 0 saturated carbocycles. The Balaban J connectivity index is 2.20. The Morgan fingerprint density at radius 3 is 2.48 bits per heavy atom. The van der Waals surface area contributed by atoms with Crippen molar-refractivity contribution in [1.82, 2.24) is 9.88 Å². The van der Waals surface area contributed by atoms with Crippen molar-refractivity contribution in [1.29, 1.82) is 0 Å². The van der Waals surface area contributed by atoms with Gasteiger partial charge in [-0.3, -0.25) is 14.7 Å². The predicted molar refractivity (Wildman–Crippen MR) is 128 cm³/mol. The van der Waals surface area contributed by atoms with E-state index in [0.29, 0.717) is 10.7 Å². The van der Waals surface area contributed by atoms with Crippen LogP contribution in [-0.2, 0) is 24.5 Å². The Hall–Kier alpha value is -1.35. The van der Waals surface area contributed by atoms with Gasteiger partial charge in [0.05, 0.1) is 24.8 Å². The van der Waals surface area contributed by atoms with Crippen LogP contribution in [0.2, 0.25) is 18.1 Å². The van der Waals surface area contributed by atoms with E-state index in [-0.39, 0.29) is 22.7 Å². The fourth-order valence-electron chi connectivity index (χ4n) is 3.09. The van der Waals surface area contributed by atoms with Crippen molar-refractivity contribution in [2.75, 3.05) is 7.11 Å². The van der Waals surface area contributed by atoms with Crippen molar-refractivity contribution < 1.29 is 18.8 Å². The molecular formula is C22H33ClN2O4SSi. The van der Waals surface area contributed by atoms with Crippen LogP contribution in [0.1, 0.15) is 40.3 Å². The SMILES string of the molecule is COC(=O)/C(=C(/C)SCc1ccccn1)N1C(=O)[C@H]([C@@H](C)O[Si](C)(C)C(C)(C)C)[C@H]1Cl. The van der Waals surface area contributed by atoms with Crippen molar-refractivity contribution in [3.05, 3.63) is 40.7 Å². The minimum atomic E-state index is -2.07. The number of amides is 1. The smallest absolute Gasteiger partial charge is 0.355 e. The van der Waals surface area contributed by atoms with Crippen LogP contribution in [0, 0.1) is 5.92 Å². The number of hydrogen-bond acceptors (Lipinski definition) is 6. The molecule has 3 atom stereocenters. The molecule has 1 aromatic rings. The van der Waals surface area contributed by atoms with Gasteiger partial charge in [0.2, 0.25) is 5.91 Å². The van der Waals surface area contributed by atoms with E-state index in [1.165, 1.54) is 23.8 Å². The Bertz CT molecular complexity index is 842. The summed E-state index contributed by atoms with van der Waals surface area (Å²) in [6.07, 6.45) is 1.38. The number of ether oxygens (including phenoxy) is 1. The van der Waals surface area contributed by atoms with E-state index in [2.05, 4.69) is 38.8 Å². The van der Waals surface area contributed by atoms with E-state index in [1.807, 2.05) is 25.1 Å². The monoisotopic (exact) mass is 484 g/mol. The molecule has 0 N–H and O–H groups in total. The van der Waals surface area contributed by atoms with Gasteiger partial charge in [0, 0.05) is 16.9 Å². The highest BCUT2D eigenvalue weighted by atomic mass is 35.5. The minimum Gasteiger partial charge on any atom is -0.464 e. The second-order valence-electron chi connectivity index (χ2n) is 9.20. The third kappa shape index (κ3) is 5.72. The number of aromatic nitrogens is 1. The number of rotatable bonds is 8. The highest BCUT2D eigenvalue weighted by molar-refractivity contribution is 8.02. The lowest BCUT2D eigenvalue weighted by Crippen LogP contribution is -2.63. The summed E-state index contributed by atoms with van der Waals surface area (Å²) in [5, 5.41) is 0.0192. The summed E-state index contributed by atoms with van der Waals surface area (Å²) in [5.74, 6) is -0.744. The Labute approximate surface area is 195 Å². The van der Waals surface area contributed by atoms with Crippen molar-refractivity contribution in [3.8, 4) is 0 Å². The average molecular weight is 485 g/mol. The largest absolute Gasteiger partial charge is 0.464 e. The molecule has 1 aliphatic rings. The standard InChI is InChI=1S/C22H33ClN2O4SSi/c1-14(29-31(7,8)22(3,4)5)17-19(23)25(20(17)26)18(21(27)28-6)15(2)30-13-16-11-9-10-12-24-16/h9-12,14,17,19H,13H2,1-8H3/b18-15+/t14-,17-,19+/m1/s1. The molecule has 2 heterocycles. The quantitative estimate of drug-likeness (QED) is 0.127. The lowest BCUT2D eigenvalue weighted by Gasteiger charge is -2.49. The molecule has 172 valence electrons. The van der Waals surface area contributed by atoms with Gasteiger partial charge in [-0.15, -0.1) is 11.8 Å². The van der Waals surface area contributed by atoms with Crippen LogP contribution in [0.15, 0.2) is 35.0 Å². The molecule has 0 aromatic carbocycles. The molecule has 0 bridgehead atoms. The molecule has 9 heteroatoms. The van der Waals surface area contributed by atoms with E-state index in [0.717, 1.165) is 5.69 Å². The molecule has 0 radical (unpaired) electrons. The molecule has 1 fully saturated rings. The number of hydrogen-bond donors (Lipinski definition) is 0. The third-order valence-corrected chi connectivity index (χ3v) is 12.1. The van der Waals surface area contributed by atoms with Gasteiger partial charge in [-0.05, 0) is 44.1 Å². The molecule has 0 unspecified atom stereocenters. The molecular weight excluding hydrogens is 452 g/mol. The minimum absolute atomic E-state index is 0.0192. The number of likely N-dealkylation sites (tertiary alicyclic amines) is 1. The molecule has 1 amide bonds. The van der Waals surface area contributed by atoms with Crippen LogP contribution in [0.25, 0.3) is 0 Å². The van der Waals surface area contributed by atoms with Crippen molar-refractivity contribution in [2.24, 2.45) is 5.92 Å². The summed E-state index contributed by atoms with van der Waals surface area (Å²) < 4.78 is 11.3. The summed E-state index contributed by atoms with van der Waals surface area (Å²) in [4.78, 5) is 31.9. The van der Waals surface area contributed by atoms with Crippen LogP contribution in [0.4, 0.5) is 0 Å². The fourth-order valence-corrected chi connectivity index (χ4v) is 5.88. The van der Waals surface area contributed by atoms with Crippen LogP contribution >= 0.6 is 23.4 Å². The fraction of sp³-hybridized carbons (Fsp3) is 0.591. The topological polar surface area (TPSA) is 68.7 Å². The molecule has 0 aliphatic carbocycles. The summed E-state index contributed by atoms with van der Waals surface area (Å²) >= 11 is 8.07. The van der Waals surface area contributed by atoms with Crippen LogP contribution in [0.3, 0.4) is 0 Å². The number of carbonyl (C=O) groups excluding carboxylic acids is 2. The van der Waals surface area contributed by atoms with E-state index < -0.39 is 25.7 Å². The van der Waals surface area contributed by atoms with Gasteiger partial charge >= 0.3 is 5.97 Å². The van der Waals surface area contributed by atoms with Crippen molar-refractivity contribution >= 4 is 43.6 Å². The van der Waals surface area contributed by atoms with Crippen LogP contribution < -0.4 is 0 Å². The summed E-state index contributed by atoms with van der Waals surface area (Å²) in [7, 11) is -0.767. The number of nitrogens with zero attached hydrogens (tertiary/aromatic N) is 2. The highest BCUT2D eigenvalue weighted by Crippen LogP contribution is 2.43. The van der Waals surface area contributed by atoms with Gasteiger partial charge in [-0.25, -0.2) is 4.79 Å². The average Bonchev–Trinajstić information content (AvgIpc) is 2.69. The Morgan fingerprint density at radius 2 is 2.00 bits per heavy atom. The van der Waals surface area contributed by atoms with Gasteiger partial charge in [-0.2, -0.15) is 0 Å². The number of esters is 1.